The molecule has 0 atom stereocenters. The first-order valence-electron chi connectivity index (χ1n) is 3.79. The summed E-state index contributed by atoms with van der Waals surface area (Å²) in [6.07, 6.45) is -0.183. The van der Waals surface area contributed by atoms with Gasteiger partial charge in [0.15, 0.2) is 23.3 Å². The molecule has 0 spiro atoms. The van der Waals surface area contributed by atoms with E-state index < -0.39 is 34.4 Å². The molecule has 1 rings (SSSR count). The van der Waals surface area contributed by atoms with E-state index in [9.17, 15) is 17.6 Å². The zero-order valence-corrected chi connectivity index (χ0v) is 7.17. The summed E-state index contributed by atoms with van der Waals surface area (Å²) in [7, 11) is 0. The molecule has 0 heterocycles. The molecule has 1 aromatic carbocycles. The maximum atomic E-state index is 13.0. The van der Waals surface area contributed by atoms with Crippen LogP contribution >= 0.6 is 0 Å². The summed E-state index contributed by atoms with van der Waals surface area (Å²) in [5.74, 6) is -6.27. The Bertz CT molecular complexity index is 389. The fraction of sp³-hybridized carbons (Fsp3) is 0.222. The third-order valence-electron chi connectivity index (χ3n) is 1.82. The SMILES string of the molecule is CCc1c(F)c(F)c(C#N)c(F)c1F.[MgH2]. The molecule has 1 aromatic rings. The number of rotatable bonds is 1. The highest BCUT2D eigenvalue weighted by molar-refractivity contribution is 5.75. The van der Waals surface area contributed by atoms with Gasteiger partial charge in [-0.05, 0) is 6.42 Å². The predicted octanol–water partition coefficient (Wildman–Crippen LogP) is 1.76. The van der Waals surface area contributed by atoms with E-state index in [0.717, 1.165) is 6.07 Å². The molecule has 1 nitrogen and oxygen atoms in total. The lowest BCUT2D eigenvalue weighted by atomic mass is 10.1. The minimum absolute atomic E-state index is 0. The maximum absolute atomic E-state index is 13.0. The van der Waals surface area contributed by atoms with Crippen molar-refractivity contribution in [3.8, 4) is 6.07 Å². The van der Waals surface area contributed by atoms with Gasteiger partial charge >= 0.3 is 23.1 Å². The third kappa shape index (κ3) is 2.24. The van der Waals surface area contributed by atoms with Gasteiger partial charge in [0, 0.05) is 5.56 Å². The van der Waals surface area contributed by atoms with Crippen LogP contribution < -0.4 is 0 Å². The van der Waals surface area contributed by atoms with Crippen molar-refractivity contribution < 1.29 is 17.6 Å². The summed E-state index contributed by atoms with van der Waals surface area (Å²) in [6, 6.07) is 1.07. The highest BCUT2D eigenvalue weighted by atomic mass is 24.3. The molecule has 0 saturated carbocycles. The Kier molecular flexibility index (Phi) is 5.04. The maximum Gasteiger partial charge on any atom is 0.316 e. The van der Waals surface area contributed by atoms with Gasteiger partial charge < -0.3 is 0 Å². The summed E-state index contributed by atoms with van der Waals surface area (Å²) in [6.45, 7) is 1.35. The van der Waals surface area contributed by atoms with Crippen molar-refractivity contribution in [1.82, 2.24) is 0 Å². The molecule has 0 aliphatic rings. The van der Waals surface area contributed by atoms with Crippen LogP contribution in [0.4, 0.5) is 17.6 Å². The monoisotopic (exact) mass is 229 g/mol. The standard InChI is InChI=1S/C9H5F4N.Mg.2H/c1-2-4-6(10)8(12)5(3-14)9(13)7(4)11;;;/h2H2,1H3;;;. The van der Waals surface area contributed by atoms with Crippen LogP contribution in [0.1, 0.15) is 18.1 Å². The minimum atomic E-state index is -1.64. The average molecular weight is 229 g/mol. The first-order valence-corrected chi connectivity index (χ1v) is 3.79. The van der Waals surface area contributed by atoms with Gasteiger partial charge in [-0.25, -0.2) is 17.6 Å². The Balaban J connectivity index is 0.00000196. The molecule has 0 unspecified atom stereocenters. The third-order valence-corrected chi connectivity index (χ3v) is 1.82. The molecule has 0 amide bonds. The van der Waals surface area contributed by atoms with Crippen molar-refractivity contribution in [3.05, 3.63) is 34.4 Å². The number of hydrogen-bond acceptors (Lipinski definition) is 1. The van der Waals surface area contributed by atoms with E-state index in [1.165, 1.54) is 6.92 Å². The van der Waals surface area contributed by atoms with Crippen molar-refractivity contribution >= 4 is 23.1 Å². The molecule has 0 aliphatic carbocycles. The molecule has 0 saturated heterocycles. The zero-order chi connectivity index (χ0) is 10.9. The van der Waals surface area contributed by atoms with E-state index in [1.54, 1.807) is 0 Å². The topological polar surface area (TPSA) is 23.8 Å². The molecular formula is C9H7F4MgN. The molecule has 0 radical (unpaired) electrons. The lowest BCUT2D eigenvalue weighted by Gasteiger charge is -2.05. The van der Waals surface area contributed by atoms with Gasteiger partial charge in [0.25, 0.3) is 0 Å². The normalized spacial score (nSPS) is 9.33. The van der Waals surface area contributed by atoms with E-state index in [-0.39, 0.29) is 29.5 Å². The zero-order valence-electron chi connectivity index (χ0n) is 7.17. The Morgan fingerprint density at radius 2 is 1.40 bits per heavy atom. The molecule has 15 heavy (non-hydrogen) atoms. The second-order valence-corrected chi connectivity index (χ2v) is 2.57. The predicted molar refractivity (Wildman–Crippen MR) is 48.9 cm³/mol. The van der Waals surface area contributed by atoms with Crippen LogP contribution in [0.15, 0.2) is 0 Å². The van der Waals surface area contributed by atoms with E-state index >= 15 is 0 Å². The molecular weight excluding hydrogens is 222 g/mol. The number of nitriles is 1. The first kappa shape index (κ1) is 14.2. The first-order chi connectivity index (χ1) is 6.54. The van der Waals surface area contributed by atoms with Crippen molar-refractivity contribution in [2.75, 3.05) is 0 Å². The lowest BCUT2D eigenvalue weighted by molar-refractivity contribution is 0.437. The van der Waals surface area contributed by atoms with Crippen LogP contribution in [-0.4, -0.2) is 23.1 Å². The Morgan fingerprint density at radius 1 is 1.00 bits per heavy atom. The van der Waals surface area contributed by atoms with Crippen molar-refractivity contribution in [2.24, 2.45) is 0 Å². The largest absolute Gasteiger partial charge is 0.316 e. The quantitative estimate of drug-likeness (QED) is 0.409. The highest BCUT2D eigenvalue weighted by Crippen LogP contribution is 2.23. The number of hydrogen-bond donors (Lipinski definition) is 0. The lowest BCUT2D eigenvalue weighted by Crippen LogP contribution is -2.05. The smallest absolute Gasteiger partial charge is 0.203 e. The van der Waals surface area contributed by atoms with E-state index in [4.69, 9.17) is 5.26 Å². The number of halogens is 4. The van der Waals surface area contributed by atoms with Crippen LogP contribution in [0.2, 0.25) is 0 Å². The van der Waals surface area contributed by atoms with Gasteiger partial charge in [-0.15, -0.1) is 0 Å². The second-order valence-electron chi connectivity index (χ2n) is 2.57. The molecule has 0 aliphatic heterocycles. The molecule has 78 valence electrons. The van der Waals surface area contributed by atoms with Crippen LogP contribution in [0.25, 0.3) is 0 Å². The Hall–Kier alpha value is -0.804. The Labute approximate surface area is 99.9 Å². The Morgan fingerprint density at radius 3 is 1.67 bits per heavy atom. The van der Waals surface area contributed by atoms with E-state index in [1.807, 2.05) is 0 Å². The van der Waals surface area contributed by atoms with Gasteiger partial charge in [0.05, 0.1) is 0 Å². The fourth-order valence-corrected chi connectivity index (χ4v) is 1.09. The molecule has 0 N–H and O–H groups in total. The molecule has 6 heteroatoms. The number of benzene rings is 1. The average Bonchev–Trinajstić information content (AvgIpc) is 2.17. The van der Waals surface area contributed by atoms with Crippen molar-refractivity contribution in [2.45, 2.75) is 13.3 Å². The highest BCUT2D eigenvalue weighted by Gasteiger charge is 2.23. The summed E-state index contributed by atoms with van der Waals surface area (Å²) in [5, 5.41) is 8.25. The van der Waals surface area contributed by atoms with Gasteiger partial charge in [0.1, 0.15) is 11.6 Å². The summed E-state index contributed by atoms with van der Waals surface area (Å²) >= 11 is 0. The van der Waals surface area contributed by atoms with Gasteiger partial charge in [-0.3, -0.25) is 0 Å². The van der Waals surface area contributed by atoms with E-state index in [2.05, 4.69) is 0 Å². The summed E-state index contributed by atoms with van der Waals surface area (Å²) in [5.41, 5.74) is -1.91. The van der Waals surface area contributed by atoms with Crippen molar-refractivity contribution in [1.29, 1.82) is 5.26 Å². The van der Waals surface area contributed by atoms with Crippen LogP contribution in [0.3, 0.4) is 0 Å². The van der Waals surface area contributed by atoms with Crippen LogP contribution in [0.5, 0.6) is 0 Å². The molecule has 0 aromatic heterocycles. The van der Waals surface area contributed by atoms with E-state index in [0.29, 0.717) is 0 Å². The fourth-order valence-electron chi connectivity index (χ4n) is 1.09. The van der Waals surface area contributed by atoms with Crippen LogP contribution in [-0.2, 0) is 6.42 Å². The molecule has 0 bridgehead atoms. The summed E-state index contributed by atoms with van der Waals surface area (Å²) in [4.78, 5) is 0. The van der Waals surface area contributed by atoms with Crippen molar-refractivity contribution in [3.63, 3.8) is 0 Å². The molecule has 0 fully saturated rings. The van der Waals surface area contributed by atoms with Gasteiger partial charge in [-0.1, -0.05) is 6.92 Å². The van der Waals surface area contributed by atoms with Gasteiger partial charge in [0.2, 0.25) is 0 Å². The summed E-state index contributed by atoms with van der Waals surface area (Å²) < 4.78 is 51.7. The van der Waals surface area contributed by atoms with Crippen LogP contribution in [0, 0.1) is 34.6 Å². The number of nitrogens with zero attached hydrogens (tertiary/aromatic N) is 1. The minimum Gasteiger partial charge on any atom is -0.203 e. The second kappa shape index (κ2) is 5.33. The van der Waals surface area contributed by atoms with Gasteiger partial charge in [-0.2, -0.15) is 5.26 Å².